The van der Waals surface area contributed by atoms with Crippen molar-refractivity contribution in [1.29, 1.82) is 0 Å². The second kappa shape index (κ2) is 11.3. The zero-order chi connectivity index (χ0) is 17.4. The van der Waals surface area contributed by atoms with Crippen LogP contribution in [0.2, 0.25) is 0 Å². The smallest absolute Gasteiger partial charge is 0.217 e. The van der Waals surface area contributed by atoms with E-state index in [1.807, 2.05) is 19.2 Å². The number of likely N-dealkylation sites (tertiary alicyclic amines) is 1. The van der Waals surface area contributed by atoms with Gasteiger partial charge in [0.15, 0.2) is 5.96 Å². The topological polar surface area (TPSA) is 83.6 Å². The Balaban J connectivity index is 0.00000312. The fraction of sp³-hybridized carbons (Fsp3) is 0.611. The van der Waals surface area contributed by atoms with Crippen molar-refractivity contribution in [3.63, 3.8) is 0 Å². The number of amides is 1. The van der Waals surface area contributed by atoms with Crippen LogP contribution in [0.25, 0.3) is 0 Å². The highest BCUT2D eigenvalue weighted by Crippen LogP contribution is 2.19. The predicted molar refractivity (Wildman–Crippen MR) is 112 cm³/mol. The van der Waals surface area contributed by atoms with Crippen LogP contribution in [0.15, 0.2) is 23.3 Å². The quantitative estimate of drug-likeness (QED) is 0.388. The van der Waals surface area contributed by atoms with E-state index < -0.39 is 0 Å². The number of pyridine rings is 1. The molecule has 2 heterocycles. The summed E-state index contributed by atoms with van der Waals surface area (Å²) in [5.41, 5.74) is 7.58. The number of nitrogens with zero attached hydrogens (tertiary/aromatic N) is 3. The van der Waals surface area contributed by atoms with Gasteiger partial charge in [-0.3, -0.25) is 14.8 Å². The molecule has 6 nitrogen and oxygen atoms in total. The molecule has 0 saturated carbocycles. The number of nitrogens with two attached hydrogens (primary N) is 1. The largest absolute Gasteiger partial charge is 0.370 e. The van der Waals surface area contributed by atoms with Gasteiger partial charge in [-0.1, -0.05) is 6.07 Å². The first-order valence-corrected chi connectivity index (χ1v) is 8.81. The first kappa shape index (κ1) is 21.7. The molecule has 1 saturated heterocycles. The van der Waals surface area contributed by atoms with E-state index in [0.717, 1.165) is 57.1 Å². The van der Waals surface area contributed by atoms with Gasteiger partial charge in [-0.25, -0.2) is 0 Å². The van der Waals surface area contributed by atoms with E-state index in [2.05, 4.69) is 28.2 Å². The minimum absolute atomic E-state index is 0. The molecule has 0 aromatic carbocycles. The lowest BCUT2D eigenvalue weighted by molar-refractivity contribution is -0.119. The number of aliphatic imine (C=N–C) groups is 1. The molecule has 0 bridgehead atoms. The zero-order valence-electron chi connectivity index (χ0n) is 15.2. The fourth-order valence-electron chi connectivity index (χ4n) is 3.07. The van der Waals surface area contributed by atoms with E-state index >= 15 is 0 Å². The van der Waals surface area contributed by atoms with E-state index in [0.29, 0.717) is 12.3 Å². The average molecular weight is 459 g/mol. The van der Waals surface area contributed by atoms with Crippen LogP contribution in [0, 0.1) is 12.8 Å². The van der Waals surface area contributed by atoms with E-state index in [1.165, 1.54) is 5.56 Å². The molecule has 0 aliphatic carbocycles. The number of hydrogen-bond donors (Lipinski definition) is 2. The Hall–Kier alpha value is -1.38. The van der Waals surface area contributed by atoms with Gasteiger partial charge in [0.25, 0.3) is 0 Å². The van der Waals surface area contributed by atoms with Gasteiger partial charge in [0.05, 0.1) is 0 Å². The highest BCUT2D eigenvalue weighted by molar-refractivity contribution is 14.0. The third-order valence-electron chi connectivity index (χ3n) is 4.28. The summed E-state index contributed by atoms with van der Waals surface area (Å²) >= 11 is 0. The van der Waals surface area contributed by atoms with Crippen LogP contribution in [0.5, 0.6) is 0 Å². The normalized spacial score (nSPS) is 17.8. The molecular weight excluding hydrogens is 429 g/mol. The van der Waals surface area contributed by atoms with Crippen LogP contribution in [0.3, 0.4) is 0 Å². The van der Waals surface area contributed by atoms with Crippen molar-refractivity contribution in [2.75, 3.05) is 26.2 Å². The maximum atomic E-state index is 11.2. The van der Waals surface area contributed by atoms with Crippen molar-refractivity contribution in [3.8, 4) is 0 Å². The van der Waals surface area contributed by atoms with Crippen LogP contribution >= 0.6 is 24.0 Å². The summed E-state index contributed by atoms with van der Waals surface area (Å²) in [6, 6.07) is 4.14. The summed E-state index contributed by atoms with van der Waals surface area (Å²) < 4.78 is 0. The van der Waals surface area contributed by atoms with Gasteiger partial charge in [-0.2, -0.15) is 0 Å². The summed E-state index contributed by atoms with van der Waals surface area (Å²) in [5, 5.41) is 3.37. The molecule has 1 amide bonds. The first-order chi connectivity index (χ1) is 11.6. The number of piperidine rings is 1. The number of halogens is 1. The Morgan fingerprint density at radius 1 is 1.48 bits per heavy atom. The van der Waals surface area contributed by atoms with Crippen LogP contribution < -0.4 is 11.1 Å². The SMILES string of the molecule is CCNC(=NCCc1ccc(C)nc1)N1CCCC(CC(N)=O)C1.I. The molecule has 1 atom stereocenters. The van der Waals surface area contributed by atoms with Crippen LogP contribution in [-0.4, -0.2) is 47.9 Å². The maximum absolute atomic E-state index is 11.2. The number of rotatable bonds is 6. The number of carbonyl (C=O) groups excluding carboxylic acids is 1. The van der Waals surface area contributed by atoms with Crippen molar-refractivity contribution in [2.45, 2.75) is 39.5 Å². The molecule has 1 aromatic heterocycles. The minimum Gasteiger partial charge on any atom is -0.370 e. The van der Waals surface area contributed by atoms with Gasteiger partial charge in [-0.05, 0) is 50.7 Å². The van der Waals surface area contributed by atoms with E-state index in [9.17, 15) is 4.79 Å². The monoisotopic (exact) mass is 459 g/mol. The second-order valence-electron chi connectivity index (χ2n) is 6.42. The minimum atomic E-state index is -0.212. The van der Waals surface area contributed by atoms with Crippen molar-refractivity contribution in [3.05, 3.63) is 29.6 Å². The van der Waals surface area contributed by atoms with Crippen molar-refractivity contribution >= 4 is 35.8 Å². The molecule has 1 aromatic rings. The highest BCUT2D eigenvalue weighted by atomic mass is 127. The summed E-state index contributed by atoms with van der Waals surface area (Å²) in [6.45, 7) is 7.45. The third kappa shape index (κ3) is 7.58. The molecule has 0 radical (unpaired) electrons. The molecule has 0 spiro atoms. The number of aryl methyl sites for hydroxylation is 1. The maximum Gasteiger partial charge on any atom is 0.217 e. The number of guanidine groups is 1. The summed E-state index contributed by atoms with van der Waals surface area (Å²) in [5.74, 6) is 1.06. The van der Waals surface area contributed by atoms with Gasteiger partial charge in [-0.15, -0.1) is 24.0 Å². The number of nitrogens with one attached hydrogen (secondary N) is 1. The molecular formula is C18H30IN5O. The lowest BCUT2D eigenvalue weighted by Crippen LogP contribution is -2.47. The number of hydrogen-bond acceptors (Lipinski definition) is 3. The Labute approximate surface area is 167 Å². The standard InChI is InChI=1S/C18H29N5O.HI/c1-3-20-18(21-9-8-15-7-6-14(2)22-12-15)23-10-4-5-16(13-23)11-17(19)24;/h6-7,12,16H,3-5,8-11,13H2,1-2H3,(H2,19,24)(H,20,21);1H. The molecule has 7 heteroatoms. The fourth-order valence-corrected chi connectivity index (χ4v) is 3.07. The number of carbonyl (C=O) groups is 1. The van der Waals surface area contributed by atoms with Crippen molar-refractivity contribution in [2.24, 2.45) is 16.6 Å². The lowest BCUT2D eigenvalue weighted by Gasteiger charge is -2.34. The van der Waals surface area contributed by atoms with Crippen molar-refractivity contribution < 1.29 is 4.79 Å². The van der Waals surface area contributed by atoms with Crippen LogP contribution in [-0.2, 0) is 11.2 Å². The van der Waals surface area contributed by atoms with Gasteiger partial charge in [0, 0.05) is 44.5 Å². The summed E-state index contributed by atoms with van der Waals surface area (Å²) in [4.78, 5) is 22.5. The Morgan fingerprint density at radius 2 is 2.28 bits per heavy atom. The summed E-state index contributed by atoms with van der Waals surface area (Å²) in [7, 11) is 0. The van der Waals surface area contributed by atoms with Crippen LogP contribution in [0.4, 0.5) is 0 Å². The lowest BCUT2D eigenvalue weighted by atomic mass is 9.95. The van der Waals surface area contributed by atoms with Crippen molar-refractivity contribution in [1.82, 2.24) is 15.2 Å². The molecule has 1 aliphatic rings. The Morgan fingerprint density at radius 3 is 2.92 bits per heavy atom. The molecule has 2 rings (SSSR count). The number of aromatic nitrogens is 1. The molecule has 140 valence electrons. The average Bonchev–Trinajstić information content (AvgIpc) is 2.55. The Bertz CT molecular complexity index is 561. The summed E-state index contributed by atoms with van der Waals surface area (Å²) in [6.07, 6.45) is 5.39. The zero-order valence-corrected chi connectivity index (χ0v) is 17.5. The van der Waals surface area contributed by atoms with Gasteiger partial charge in [0.1, 0.15) is 0 Å². The van der Waals surface area contributed by atoms with Gasteiger partial charge < -0.3 is 16.0 Å². The van der Waals surface area contributed by atoms with E-state index in [1.54, 1.807) is 0 Å². The number of primary amides is 1. The van der Waals surface area contributed by atoms with Gasteiger partial charge >= 0.3 is 0 Å². The van der Waals surface area contributed by atoms with Crippen LogP contribution in [0.1, 0.15) is 37.4 Å². The van der Waals surface area contributed by atoms with E-state index in [4.69, 9.17) is 10.7 Å². The molecule has 1 fully saturated rings. The third-order valence-corrected chi connectivity index (χ3v) is 4.28. The molecule has 3 N–H and O–H groups in total. The molecule has 25 heavy (non-hydrogen) atoms. The Kier molecular flexibility index (Phi) is 9.77. The highest BCUT2D eigenvalue weighted by Gasteiger charge is 2.23. The molecule has 1 unspecified atom stereocenters. The molecule has 1 aliphatic heterocycles. The second-order valence-corrected chi connectivity index (χ2v) is 6.42. The predicted octanol–water partition coefficient (Wildman–Crippen LogP) is 2.10. The van der Waals surface area contributed by atoms with E-state index in [-0.39, 0.29) is 29.9 Å². The van der Waals surface area contributed by atoms with Gasteiger partial charge in [0.2, 0.25) is 5.91 Å². The first-order valence-electron chi connectivity index (χ1n) is 8.81.